The smallest absolute Gasteiger partial charge is 0.387 e. The molecule has 1 saturated heterocycles. The predicted molar refractivity (Wildman–Crippen MR) is 96.6 cm³/mol. The monoisotopic (exact) mass is 360 g/mol. The molecular weight excluding hydrogens is 338 g/mol. The number of hydrogen-bond donors (Lipinski definition) is 1. The molecule has 26 heavy (non-hydrogen) atoms. The van der Waals surface area contributed by atoms with E-state index in [9.17, 15) is 13.6 Å². The third-order valence-corrected chi connectivity index (χ3v) is 4.36. The highest BCUT2D eigenvalue weighted by Crippen LogP contribution is 2.19. The number of nitrogens with one attached hydrogen (secondary N) is 1. The first kappa shape index (κ1) is 18.3. The van der Waals surface area contributed by atoms with E-state index in [0.717, 1.165) is 25.2 Å². The number of amides is 1. The van der Waals surface area contributed by atoms with E-state index < -0.39 is 6.61 Å². The van der Waals surface area contributed by atoms with Crippen LogP contribution in [0.3, 0.4) is 0 Å². The van der Waals surface area contributed by atoms with Crippen LogP contribution in [0.25, 0.3) is 0 Å². The molecule has 1 aliphatic rings. The van der Waals surface area contributed by atoms with Gasteiger partial charge in [0.05, 0.1) is 0 Å². The van der Waals surface area contributed by atoms with Gasteiger partial charge in [-0.15, -0.1) is 0 Å². The maximum absolute atomic E-state index is 12.4. The van der Waals surface area contributed by atoms with Gasteiger partial charge >= 0.3 is 6.61 Å². The van der Waals surface area contributed by atoms with Crippen LogP contribution in [-0.2, 0) is 6.54 Å². The Morgan fingerprint density at radius 3 is 2.62 bits per heavy atom. The summed E-state index contributed by atoms with van der Waals surface area (Å²) in [6.45, 7) is 0.155. The number of carbonyl (C=O) groups excluding carboxylic acids is 1. The van der Waals surface area contributed by atoms with E-state index in [2.05, 4.69) is 15.0 Å². The second-order valence-electron chi connectivity index (χ2n) is 6.40. The van der Waals surface area contributed by atoms with Gasteiger partial charge in [-0.05, 0) is 61.8 Å². The number of rotatable bonds is 6. The molecule has 6 heteroatoms. The molecule has 1 amide bonds. The van der Waals surface area contributed by atoms with Gasteiger partial charge in [-0.2, -0.15) is 8.78 Å². The van der Waals surface area contributed by atoms with Crippen molar-refractivity contribution in [2.75, 3.05) is 18.4 Å². The average Bonchev–Trinajstić information content (AvgIpc) is 2.62. The van der Waals surface area contributed by atoms with Gasteiger partial charge in [-0.3, -0.25) is 9.69 Å². The highest BCUT2D eigenvalue weighted by Gasteiger charge is 2.12. The Bertz CT molecular complexity index is 746. The van der Waals surface area contributed by atoms with E-state index in [0.29, 0.717) is 5.69 Å². The predicted octanol–water partition coefficient (Wildman–Crippen LogP) is 4.53. The fourth-order valence-electron chi connectivity index (χ4n) is 3.14. The second-order valence-corrected chi connectivity index (χ2v) is 6.40. The lowest BCUT2D eigenvalue weighted by atomic mass is 10.1. The van der Waals surface area contributed by atoms with E-state index in [1.54, 1.807) is 6.07 Å². The number of likely N-dealkylation sites (tertiary alicyclic amines) is 1. The first-order chi connectivity index (χ1) is 12.6. The zero-order valence-corrected chi connectivity index (χ0v) is 14.5. The Labute approximate surface area is 151 Å². The van der Waals surface area contributed by atoms with Gasteiger partial charge < -0.3 is 10.1 Å². The third kappa shape index (κ3) is 5.26. The molecule has 0 radical (unpaired) electrons. The number of ether oxygens (including phenoxy) is 1. The van der Waals surface area contributed by atoms with Crippen molar-refractivity contribution in [1.82, 2.24) is 4.90 Å². The SMILES string of the molecule is O=C(Nc1cccc(CN2CCCCC2)c1)c1cccc(OC(F)F)c1. The average molecular weight is 360 g/mol. The molecule has 1 fully saturated rings. The van der Waals surface area contributed by atoms with E-state index >= 15 is 0 Å². The second kappa shape index (κ2) is 8.76. The summed E-state index contributed by atoms with van der Waals surface area (Å²) < 4.78 is 29.0. The minimum atomic E-state index is -2.92. The van der Waals surface area contributed by atoms with Crippen molar-refractivity contribution >= 4 is 11.6 Å². The topological polar surface area (TPSA) is 41.6 Å². The molecule has 4 nitrogen and oxygen atoms in total. The molecule has 0 aromatic heterocycles. The molecule has 0 saturated carbocycles. The summed E-state index contributed by atoms with van der Waals surface area (Å²) in [5, 5.41) is 2.82. The highest BCUT2D eigenvalue weighted by molar-refractivity contribution is 6.04. The maximum Gasteiger partial charge on any atom is 0.387 e. The normalized spacial score (nSPS) is 15.0. The number of anilines is 1. The van der Waals surface area contributed by atoms with Gasteiger partial charge in [0.15, 0.2) is 0 Å². The number of piperidine rings is 1. The fraction of sp³-hybridized carbons (Fsp3) is 0.350. The van der Waals surface area contributed by atoms with Gasteiger partial charge in [0.2, 0.25) is 0 Å². The van der Waals surface area contributed by atoms with E-state index in [1.165, 1.54) is 37.5 Å². The zero-order chi connectivity index (χ0) is 18.4. The Kier molecular flexibility index (Phi) is 6.17. The van der Waals surface area contributed by atoms with Crippen molar-refractivity contribution in [2.24, 2.45) is 0 Å². The molecule has 2 aromatic carbocycles. The van der Waals surface area contributed by atoms with Gasteiger partial charge in [0, 0.05) is 17.8 Å². The number of carbonyl (C=O) groups is 1. The molecule has 0 unspecified atom stereocenters. The van der Waals surface area contributed by atoms with Crippen molar-refractivity contribution in [2.45, 2.75) is 32.4 Å². The van der Waals surface area contributed by atoms with E-state index in [1.807, 2.05) is 24.3 Å². The molecular formula is C20H22F2N2O2. The molecule has 3 rings (SSSR count). The summed E-state index contributed by atoms with van der Waals surface area (Å²) in [7, 11) is 0. The summed E-state index contributed by atoms with van der Waals surface area (Å²) in [5.41, 5.74) is 2.09. The Balaban J connectivity index is 1.64. The van der Waals surface area contributed by atoms with E-state index in [4.69, 9.17) is 0 Å². The molecule has 0 atom stereocenters. The van der Waals surface area contributed by atoms with Crippen molar-refractivity contribution in [3.8, 4) is 5.75 Å². The highest BCUT2D eigenvalue weighted by atomic mass is 19.3. The number of halogens is 2. The summed E-state index contributed by atoms with van der Waals surface area (Å²) in [6.07, 6.45) is 3.75. The van der Waals surface area contributed by atoms with Crippen molar-refractivity contribution in [1.29, 1.82) is 0 Å². The van der Waals surface area contributed by atoms with Crippen LogP contribution in [0.5, 0.6) is 5.75 Å². The largest absolute Gasteiger partial charge is 0.435 e. The molecule has 1 heterocycles. The van der Waals surface area contributed by atoms with Crippen LogP contribution in [0.4, 0.5) is 14.5 Å². The molecule has 1 aliphatic heterocycles. The molecule has 138 valence electrons. The van der Waals surface area contributed by atoms with Crippen LogP contribution >= 0.6 is 0 Å². The van der Waals surface area contributed by atoms with E-state index in [-0.39, 0.29) is 17.2 Å². The van der Waals surface area contributed by atoms with Crippen LogP contribution in [0.15, 0.2) is 48.5 Å². The van der Waals surface area contributed by atoms with Crippen LogP contribution in [0.2, 0.25) is 0 Å². The minimum Gasteiger partial charge on any atom is -0.435 e. The molecule has 2 aromatic rings. The van der Waals surface area contributed by atoms with Gasteiger partial charge in [0.25, 0.3) is 5.91 Å². The van der Waals surface area contributed by atoms with Gasteiger partial charge in [-0.1, -0.05) is 24.6 Å². The first-order valence-corrected chi connectivity index (χ1v) is 8.78. The first-order valence-electron chi connectivity index (χ1n) is 8.78. The number of benzene rings is 2. The van der Waals surface area contributed by atoms with Crippen LogP contribution in [-0.4, -0.2) is 30.5 Å². The van der Waals surface area contributed by atoms with Gasteiger partial charge in [0.1, 0.15) is 5.75 Å². The van der Waals surface area contributed by atoms with Crippen molar-refractivity contribution in [3.05, 3.63) is 59.7 Å². The van der Waals surface area contributed by atoms with Crippen molar-refractivity contribution < 1.29 is 18.3 Å². The molecule has 0 bridgehead atoms. The molecule has 0 aliphatic carbocycles. The lowest BCUT2D eigenvalue weighted by Gasteiger charge is -2.26. The lowest BCUT2D eigenvalue weighted by molar-refractivity contribution is -0.0498. The van der Waals surface area contributed by atoms with Crippen molar-refractivity contribution in [3.63, 3.8) is 0 Å². The van der Waals surface area contributed by atoms with Crippen LogP contribution in [0, 0.1) is 0 Å². The third-order valence-electron chi connectivity index (χ3n) is 4.36. The van der Waals surface area contributed by atoms with Crippen LogP contribution < -0.4 is 10.1 Å². The summed E-state index contributed by atoms with van der Waals surface area (Å²) in [4.78, 5) is 14.8. The van der Waals surface area contributed by atoms with Gasteiger partial charge in [-0.25, -0.2) is 0 Å². The zero-order valence-electron chi connectivity index (χ0n) is 14.5. The Hall–Kier alpha value is -2.47. The maximum atomic E-state index is 12.4. The fourth-order valence-corrected chi connectivity index (χ4v) is 3.14. The quantitative estimate of drug-likeness (QED) is 0.823. The Morgan fingerprint density at radius 2 is 1.85 bits per heavy atom. The Morgan fingerprint density at radius 1 is 1.08 bits per heavy atom. The molecule has 0 spiro atoms. The number of alkyl halides is 2. The standard InChI is InChI=1S/C20H22F2N2O2/c21-20(22)26-18-9-5-7-16(13-18)19(25)23-17-8-4-6-15(12-17)14-24-10-2-1-3-11-24/h4-9,12-13,20H,1-3,10-11,14H2,(H,23,25). The summed E-state index contributed by atoms with van der Waals surface area (Å²) in [5.74, 6) is -0.397. The van der Waals surface area contributed by atoms with Crippen LogP contribution in [0.1, 0.15) is 35.2 Å². The minimum absolute atomic E-state index is 0.0356. The summed E-state index contributed by atoms with van der Waals surface area (Å²) >= 11 is 0. The molecule has 1 N–H and O–H groups in total. The number of hydrogen-bond acceptors (Lipinski definition) is 3. The number of nitrogens with zero attached hydrogens (tertiary/aromatic N) is 1. The summed E-state index contributed by atoms with van der Waals surface area (Å²) in [6, 6.07) is 13.5. The lowest BCUT2D eigenvalue weighted by Crippen LogP contribution is -2.29.